The van der Waals surface area contributed by atoms with Crippen molar-refractivity contribution in [3.8, 4) is 11.4 Å². The third-order valence-electron chi connectivity index (χ3n) is 2.22. The van der Waals surface area contributed by atoms with E-state index >= 15 is 0 Å². The van der Waals surface area contributed by atoms with Crippen LogP contribution in [0.5, 0.6) is 0 Å². The number of benzene rings is 1. The highest BCUT2D eigenvalue weighted by molar-refractivity contribution is 5.56. The topological polar surface area (TPSA) is 89.2 Å². The molecule has 0 atom stereocenters. The Morgan fingerprint density at radius 1 is 1.29 bits per heavy atom. The minimum atomic E-state index is -0.548. The number of rotatable bonds is 3. The van der Waals surface area contributed by atoms with Crippen molar-refractivity contribution >= 4 is 5.69 Å². The molecular weight excluding hydrogens is 222 g/mol. The third-order valence-corrected chi connectivity index (χ3v) is 2.22. The zero-order valence-corrected chi connectivity index (χ0v) is 8.78. The van der Waals surface area contributed by atoms with E-state index in [2.05, 4.69) is 9.97 Å². The van der Waals surface area contributed by atoms with Crippen LogP contribution in [0.15, 0.2) is 36.7 Å². The van der Waals surface area contributed by atoms with Gasteiger partial charge in [-0.25, -0.2) is 9.97 Å². The summed E-state index contributed by atoms with van der Waals surface area (Å²) < 4.78 is 0. The number of aliphatic hydroxyl groups is 1. The van der Waals surface area contributed by atoms with Gasteiger partial charge in [0.1, 0.15) is 12.4 Å². The Hall–Kier alpha value is -2.34. The Morgan fingerprint density at radius 3 is 2.59 bits per heavy atom. The second-order valence-electron chi connectivity index (χ2n) is 3.38. The van der Waals surface area contributed by atoms with Crippen molar-refractivity contribution in [2.24, 2.45) is 0 Å². The SMILES string of the molecule is O=[N+]([O-])c1cnc(-c2cccc(CO)c2)nc1. The van der Waals surface area contributed by atoms with Gasteiger partial charge in [0.2, 0.25) is 0 Å². The van der Waals surface area contributed by atoms with Gasteiger partial charge in [-0.05, 0) is 11.6 Å². The van der Waals surface area contributed by atoms with Crippen LogP contribution in [0, 0.1) is 10.1 Å². The molecule has 0 aliphatic carbocycles. The zero-order valence-electron chi connectivity index (χ0n) is 8.78. The van der Waals surface area contributed by atoms with Gasteiger partial charge in [0.25, 0.3) is 0 Å². The lowest BCUT2D eigenvalue weighted by molar-refractivity contribution is -0.385. The van der Waals surface area contributed by atoms with Crippen molar-refractivity contribution in [3.63, 3.8) is 0 Å². The van der Waals surface area contributed by atoms with Crippen molar-refractivity contribution in [2.75, 3.05) is 0 Å². The van der Waals surface area contributed by atoms with Gasteiger partial charge in [0.15, 0.2) is 5.82 Å². The van der Waals surface area contributed by atoms with Gasteiger partial charge in [-0.1, -0.05) is 18.2 Å². The minimum Gasteiger partial charge on any atom is -0.392 e. The van der Waals surface area contributed by atoms with Gasteiger partial charge in [-0.15, -0.1) is 0 Å². The molecule has 0 aliphatic heterocycles. The zero-order chi connectivity index (χ0) is 12.3. The first kappa shape index (κ1) is 11.2. The van der Waals surface area contributed by atoms with Crippen molar-refractivity contribution in [1.82, 2.24) is 9.97 Å². The summed E-state index contributed by atoms with van der Waals surface area (Å²) in [6.45, 7) is -0.0686. The van der Waals surface area contributed by atoms with E-state index in [4.69, 9.17) is 5.11 Å². The maximum Gasteiger partial charge on any atom is 0.305 e. The molecule has 17 heavy (non-hydrogen) atoms. The van der Waals surface area contributed by atoms with Gasteiger partial charge in [0.05, 0.1) is 11.5 Å². The maximum absolute atomic E-state index is 10.4. The highest BCUT2D eigenvalue weighted by Crippen LogP contribution is 2.17. The van der Waals surface area contributed by atoms with Gasteiger partial charge in [0, 0.05) is 5.56 Å². The van der Waals surface area contributed by atoms with E-state index in [1.54, 1.807) is 24.3 Å². The first-order chi connectivity index (χ1) is 8.20. The van der Waals surface area contributed by atoms with E-state index in [1.165, 1.54) is 0 Å². The molecule has 1 aromatic heterocycles. The average molecular weight is 231 g/mol. The molecule has 86 valence electrons. The van der Waals surface area contributed by atoms with E-state index < -0.39 is 4.92 Å². The summed E-state index contributed by atoms with van der Waals surface area (Å²) in [5.41, 5.74) is 1.31. The third kappa shape index (κ3) is 2.43. The number of aromatic nitrogens is 2. The van der Waals surface area contributed by atoms with Crippen LogP contribution in [0.4, 0.5) is 5.69 Å². The average Bonchev–Trinajstić information content (AvgIpc) is 2.39. The summed E-state index contributed by atoms with van der Waals surface area (Å²) in [5.74, 6) is 0.394. The fourth-order valence-electron chi connectivity index (χ4n) is 1.37. The molecule has 0 fully saturated rings. The van der Waals surface area contributed by atoms with Crippen LogP contribution in [0.2, 0.25) is 0 Å². The van der Waals surface area contributed by atoms with Crippen LogP contribution in [-0.4, -0.2) is 20.0 Å². The van der Waals surface area contributed by atoms with E-state index in [-0.39, 0.29) is 12.3 Å². The Labute approximate surface area is 96.7 Å². The van der Waals surface area contributed by atoms with Gasteiger partial charge in [-0.2, -0.15) is 0 Å². The van der Waals surface area contributed by atoms with E-state index in [0.717, 1.165) is 18.0 Å². The van der Waals surface area contributed by atoms with Crippen molar-refractivity contribution in [3.05, 3.63) is 52.3 Å². The molecule has 0 saturated carbocycles. The first-order valence-corrected chi connectivity index (χ1v) is 4.87. The number of aliphatic hydroxyl groups excluding tert-OH is 1. The van der Waals surface area contributed by atoms with Crippen LogP contribution < -0.4 is 0 Å². The molecule has 0 saturated heterocycles. The second-order valence-corrected chi connectivity index (χ2v) is 3.38. The number of hydrogen-bond donors (Lipinski definition) is 1. The predicted molar refractivity (Wildman–Crippen MR) is 60.0 cm³/mol. The van der Waals surface area contributed by atoms with Crippen LogP contribution in [-0.2, 0) is 6.61 Å². The quantitative estimate of drug-likeness (QED) is 0.639. The minimum absolute atomic E-state index is 0.0686. The molecule has 2 aromatic rings. The molecule has 0 spiro atoms. The van der Waals surface area contributed by atoms with Gasteiger partial charge in [-0.3, -0.25) is 10.1 Å². The van der Waals surface area contributed by atoms with E-state index in [0.29, 0.717) is 11.4 Å². The van der Waals surface area contributed by atoms with E-state index in [1.807, 2.05) is 0 Å². The van der Waals surface area contributed by atoms with Crippen molar-refractivity contribution in [2.45, 2.75) is 6.61 Å². The fraction of sp³-hybridized carbons (Fsp3) is 0.0909. The van der Waals surface area contributed by atoms with E-state index in [9.17, 15) is 10.1 Å². The molecule has 6 nitrogen and oxygen atoms in total. The fourth-order valence-corrected chi connectivity index (χ4v) is 1.37. The molecule has 6 heteroatoms. The Bertz CT molecular complexity index is 540. The number of nitro groups is 1. The lowest BCUT2D eigenvalue weighted by Crippen LogP contribution is -1.94. The molecular formula is C11H9N3O3. The summed E-state index contributed by atoms with van der Waals surface area (Å²) >= 11 is 0. The smallest absolute Gasteiger partial charge is 0.305 e. The van der Waals surface area contributed by atoms with Crippen LogP contribution in [0.3, 0.4) is 0 Å². The molecule has 0 radical (unpaired) electrons. The molecule has 0 unspecified atom stereocenters. The number of nitrogens with zero attached hydrogens (tertiary/aromatic N) is 3. The molecule has 0 amide bonds. The summed E-state index contributed by atoms with van der Waals surface area (Å²) in [6, 6.07) is 7.06. The maximum atomic E-state index is 10.4. The first-order valence-electron chi connectivity index (χ1n) is 4.87. The monoisotopic (exact) mass is 231 g/mol. The standard InChI is InChI=1S/C11H9N3O3/c15-7-8-2-1-3-9(4-8)11-12-5-10(6-13-11)14(16)17/h1-6,15H,7H2. The molecule has 1 heterocycles. The second kappa shape index (κ2) is 4.67. The predicted octanol–water partition coefficient (Wildman–Crippen LogP) is 1.54. The highest BCUT2D eigenvalue weighted by atomic mass is 16.6. The molecule has 2 rings (SSSR count). The van der Waals surface area contributed by atoms with Crippen LogP contribution in [0.1, 0.15) is 5.56 Å². The lowest BCUT2D eigenvalue weighted by Gasteiger charge is -2.01. The van der Waals surface area contributed by atoms with Crippen molar-refractivity contribution in [1.29, 1.82) is 0 Å². The summed E-state index contributed by atoms with van der Waals surface area (Å²) in [7, 11) is 0. The lowest BCUT2D eigenvalue weighted by atomic mass is 10.1. The molecule has 1 aromatic carbocycles. The van der Waals surface area contributed by atoms with Gasteiger partial charge < -0.3 is 5.11 Å². The molecule has 0 bridgehead atoms. The summed E-state index contributed by atoms with van der Waals surface area (Å²) in [6.07, 6.45) is 2.32. The Balaban J connectivity index is 2.36. The number of hydrogen-bond acceptors (Lipinski definition) is 5. The Kier molecular flexibility index (Phi) is 3.06. The molecule has 1 N–H and O–H groups in total. The van der Waals surface area contributed by atoms with Crippen LogP contribution in [0.25, 0.3) is 11.4 Å². The largest absolute Gasteiger partial charge is 0.392 e. The summed E-state index contributed by atoms with van der Waals surface area (Å²) in [5, 5.41) is 19.4. The molecule has 0 aliphatic rings. The highest BCUT2D eigenvalue weighted by Gasteiger charge is 2.08. The van der Waals surface area contributed by atoms with Gasteiger partial charge >= 0.3 is 5.69 Å². The van der Waals surface area contributed by atoms with Crippen LogP contribution >= 0.6 is 0 Å². The Morgan fingerprint density at radius 2 is 2.00 bits per heavy atom. The normalized spacial score (nSPS) is 10.2. The summed E-state index contributed by atoms with van der Waals surface area (Å²) in [4.78, 5) is 17.7. The van der Waals surface area contributed by atoms with Crippen molar-refractivity contribution < 1.29 is 10.0 Å².